The molecule has 0 amide bonds. The van der Waals surface area contributed by atoms with Gasteiger partial charge < -0.3 is 9.47 Å². The number of thiocarbonyl (C=S) groups is 1. The number of rotatable bonds is 8. The molecule has 5 nitrogen and oxygen atoms in total. The minimum atomic E-state index is -0.980. The Hall–Kier alpha value is -2.22. The third kappa shape index (κ3) is 4.98. The van der Waals surface area contributed by atoms with Gasteiger partial charge in [0.05, 0.1) is 32.4 Å². The number of carbonyl (C=O) groups excluding carboxylic acids is 2. The number of benzene rings is 2. The zero-order chi connectivity index (χ0) is 20.6. The third-order valence-electron chi connectivity index (χ3n) is 4.12. The first-order valence-electron chi connectivity index (χ1n) is 9.04. The standard InChI is InChI=1S/C21H24NO4S2/c1-3-25-19(23)15-18(21(24)26-4-2)20(27)22(28,16-11-7-5-8-12-16)17-13-9-6-10-14-17/h5-14,18,28H,3-4,15H2,1-2H3/q+1. The monoisotopic (exact) mass is 418 g/mol. The van der Waals surface area contributed by atoms with Crippen molar-refractivity contribution in [3.05, 3.63) is 60.7 Å². The number of esters is 2. The summed E-state index contributed by atoms with van der Waals surface area (Å²) in [6.07, 6.45) is -0.203. The minimum Gasteiger partial charge on any atom is -0.466 e. The van der Waals surface area contributed by atoms with Gasteiger partial charge in [0, 0.05) is 24.3 Å². The van der Waals surface area contributed by atoms with Crippen LogP contribution >= 0.6 is 25.0 Å². The zero-order valence-electron chi connectivity index (χ0n) is 15.9. The van der Waals surface area contributed by atoms with Crippen molar-refractivity contribution >= 4 is 53.3 Å². The van der Waals surface area contributed by atoms with E-state index in [0.717, 1.165) is 11.4 Å². The first-order valence-corrected chi connectivity index (χ1v) is 9.85. The quantitative estimate of drug-likeness (QED) is 0.293. The molecular formula is C21H24NO4S2+. The van der Waals surface area contributed by atoms with Crippen LogP contribution in [0.4, 0.5) is 11.4 Å². The second-order valence-electron chi connectivity index (χ2n) is 5.96. The van der Waals surface area contributed by atoms with Gasteiger partial charge in [-0.25, -0.2) is 0 Å². The van der Waals surface area contributed by atoms with E-state index in [1.165, 1.54) is 0 Å². The summed E-state index contributed by atoms with van der Waals surface area (Å²) in [7, 11) is 0. The Kier molecular flexibility index (Phi) is 8.17. The molecule has 0 aliphatic carbocycles. The van der Waals surface area contributed by atoms with Gasteiger partial charge in [-0.15, -0.1) is 0 Å². The Labute approximate surface area is 176 Å². The minimum absolute atomic E-state index is 0.185. The van der Waals surface area contributed by atoms with E-state index in [-0.39, 0.29) is 28.5 Å². The third-order valence-corrected chi connectivity index (χ3v) is 5.50. The molecule has 1 unspecified atom stereocenters. The van der Waals surface area contributed by atoms with Crippen molar-refractivity contribution in [2.24, 2.45) is 5.92 Å². The van der Waals surface area contributed by atoms with E-state index < -0.39 is 17.9 Å². The highest BCUT2D eigenvalue weighted by Crippen LogP contribution is 2.40. The van der Waals surface area contributed by atoms with Crippen LogP contribution in [0.5, 0.6) is 0 Å². The van der Waals surface area contributed by atoms with Crippen LogP contribution in [-0.4, -0.2) is 30.1 Å². The van der Waals surface area contributed by atoms with Gasteiger partial charge in [-0.3, -0.25) is 9.59 Å². The maximum atomic E-state index is 12.7. The molecule has 148 valence electrons. The highest BCUT2D eigenvalue weighted by atomic mass is 32.1. The van der Waals surface area contributed by atoms with E-state index in [4.69, 9.17) is 34.5 Å². The van der Waals surface area contributed by atoms with Gasteiger partial charge in [0.1, 0.15) is 0 Å². The number of hydrogen-bond donors (Lipinski definition) is 1. The lowest BCUT2D eigenvalue weighted by Crippen LogP contribution is -2.47. The van der Waals surface area contributed by atoms with Crippen molar-refractivity contribution in [3.63, 3.8) is 0 Å². The summed E-state index contributed by atoms with van der Waals surface area (Å²) < 4.78 is 10.0. The molecule has 2 aromatic carbocycles. The fraction of sp³-hybridized carbons (Fsp3) is 0.286. The van der Waals surface area contributed by atoms with E-state index in [2.05, 4.69) is 0 Å². The summed E-state index contributed by atoms with van der Waals surface area (Å²) in [5.41, 5.74) is 1.50. The summed E-state index contributed by atoms with van der Waals surface area (Å²) in [5, 5.41) is 0. The largest absolute Gasteiger partial charge is 0.466 e. The summed E-state index contributed by atoms with van der Waals surface area (Å²) in [6, 6.07) is 18.7. The highest BCUT2D eigenvalue weighted by molar-refractivity contribution is 7.86. The molecule has 7 heteroatoms. The first kappa shape index (κ1) is 22.1. The second-order valence-corrected chi connectivity index (χ2v) is 6.98. The number of carbonyl (C=O) groups is 2. The van der Waals surface area contributed by atoms with Crippen molar-refractivity contribution in [1.82, 2.24) is 3.89 Å². The normalized spacial score (nSPS) is 12.1. The predicted octanol–water partition coefficient (Wildman–Crippen LogP) is 4.63. The number of hydrogen-bond acceptors (Lipinski definition) is 6. The summed E-state index contributed by atoms with van der Waals surface area (Å²) in [5.74, 6) is -2.06. The molecule has 0 heterocycles. The lowest BCUT2D eigenvalue weighted by atomic mass is 10.0. The Balaban J connectivity index is 2.54. The van der Waals surface area contributed by atoms with Crippen molar-refractivity contribution in [2.45, 2.75) is 20.3 Å². The second kappa shape index (κ2) is 10.4. The van der Waals surface area contributed by atoms with Crippen LogP contribution in [0.15, 0.2) is 60.7 Å². The van der Waals surface area contributed by atoms with E-state index in [9.17, 15) is 9.59 Å². The predicted molar refractivity (Wildman–Crippen MR) is 117 cm³/mol. The fourth-order valence-electron chi connectivity index (χ4n) is 2.82. The van der Waals surface area contributed by atoms with Gasteiger partial charge in [-0.05, 0) is 26.1 Å². The van der Waals surface area contributed by atoms with Crippen molar-refractivity contribution in [2.75, 3.05) is 13.2 Å². The lowest BCUT2D eigenvalue weighted by Gasteiger charge is -2.33. The Morgan fingerprint density at radius 1 is 0.929 bits per heavy atom. The Morgan fingerprint density at radius 2 is 1.39 bits per heavy atom. The molecule has 0 aliphatic rings. The first-order chi connectivity index (χ1) is 13.4. The molecule has 0 aliphatic heterocycles. The van der Waals surface area contributed by atoms with Gasteiger partial charge in [0.25, 0.3) is 0 Å². The molecular weight excluding hydrogens is 394 g/mol. The van der Waals surface area contributed by atoms with Gasteiger partial charge in [-0.2, -0.15) is 3.89 Å². The fourth-order valence-corrected chi connectivity index (χ4v) is 3.61. The molecule has 0 fully saturated rings. The molecule has 0 spiro atoms. The number of nitrogens with zero attached hydrogens (tertiary/aromatic N) is 1. The van der Waals surface area contributed by atoms with Gasteiger partial charge in [0.15, 0.2) is 17.3 Å². The smallest absolute Gasteiger partial charge is 0.320 e. The van der Waals surface area contributed by atoms with E-state index in [1.807, 2.05) is 60.7 Å². The number of thiol groups is 1. The summed E-state index contributed by atoms with van der Waals surface area (Å²) in [4.78, 5) is 25.1. The van der Waals surface area contributed by atoms with E-state index in [0.29, 0.717) is 0 Å². The van der Waals surface area contributed by atoms with Gasteiger partial charge >= 0.3 is 11.9 Å². The van der Waals surface area contributed by atoms with Crippen LogP contribution in [0.25, 0.3) is 0 Å². The average molecular weight is 419 g/mol. The Bertz CT molecular complexity index is 772. The van der Waals surface area contributed by atoms with Gasteiger partial charge in [0.2, 0.25) is 4.99 Å². The van der Waals surface area contributed by atoms with Crippen LogP contribution in [0.1, 0.15) is 20.3 Å². The van der Waals surface area contributed by atoms with Crippen LogP contribution in [-0.2, 0) is 19.1 Å². The van der Waals surface area contributed by atoms with Crippen LogP contribution < -0.4 is 3.89 Å². The van der Waals surface area contributed by atoms with E-state index >= 15 is 0 Å². The van der Waals surface area contributed by atoms with Crippen molar-refractivity contribution in [1.29, 1.82) is 0 Å². The number of ether oxygens (including phenoxy) is 2. The highest BCUT2D eigenvalue weighted by Gasteiger charge is 2.45. The maximum Gasteiger partial charge on any atom is 0.320 e. The maximum absolute atomic E-state index is 12.7. The van der Waals surface area contributed by atoms with Gasteiger partial charge in [-0.1, -0.05) is 36.4 Å². The topological polar surface area (TPSA) is 52.6 Å². The molecule has 2 aromatic rings. The SMILES string of the molecule is CCOC(=O)CC(C(=O)OCC)C(=S)[N+](S)(c1ccccc1)c1ccccc1. The average Bonchev–Trinajstić information content (AvgIpc) is 2.72. The lowest BCUT2D eigenvalue weighted by molar-refractivity contribution is -0.152. The molecule has 0 radical (unpaired) electrons. The van der Waals surface area contributed by atoms with Crippen LogP contribution in [0.2, 0.25) is 0 Å². The molecule has 0 bridgehead atoms. The molecule has 0 N–H and O–H groups in total. The molecule has 2 rings (SSSR count). The number of quaternary nitrogens is 1. The molecule has 0 saturated carbocycles. The Morgan fingerprint density at radius 3 is 1.82 bits per heavy atom. The summed E-state index contributed by atoms with van der Waals surface area (Å²) >= 11 is 10.7. The molecule has 28 heavy (non-hydrogen) atoms. The molecule has 1 atom stereocenters. The van der Waals surface area contributed by atoms with Crippen LogP contribution in [0.3, 0.4) is 0 Å². The zero-order valence-corrected chi connectivity index (χ0v) is 17.6. The number of para-hydroxylation sites is 2. The van der Waals surface area contributed by atoms with Crippen molar-refractivity contribution < 1.29 is 19.1 Å². The molecule has 0 saturated heterocycles. The van der Waals surface area contributed by atoms with E-state index in [1.54, 1.807) is 13.8 Å². The van der Waals surface area contributed by atoms with Crippen molar-refractivity contribution in [3.8, 4) is 0 Å². The molecule has 0 aromatic heterocycles. The van der Waals surface area contributed by atoms with Crippen LogP contribution in [0, 0.1) is 5.92 Å². The summed E-state index contributed by atoms with van der Waals surface area (Å²) in [6.45, 7) is 3.82.